The molecule has 1 aromatic rings. The van der Waals surface area contributed by atoms with Crippen LogP contribution in [-0.2, 0) is 0 Å². The molecule has 0 atom stereocenters. The minimum Gasteiger partial charge on any atom is -0.383 e. The summed E-state index contributed by atoms with van der Waals surface area (Å²) in [7, 11) is 0. The second-order valence-electron chi connectivity index (χ2n) is 3.95. The van der Waals surface area contributed by atoms with E-state index in [2.05, 4.69) is 22.2 Å². The number of nitrogen functional groups attached to an aromatic ring is 1. The quantitative estimate of drug-likeness (QED) is 0.500. The van der Waals surface area contributed by atoms with Crippen molar-refractivity contribution < 1.29 is 0 Å². The number of anilines is 2. The smallest absolute Gasteiger partial charge is 0.140 e. The molecule has 1 heterocycles. The number of aromatic nitrogens is 2. The molecule has 5 heteroatoms. The van der Waals surface area contributed by atoms with Gasteiger partial charge >= 0.3 is 0 Å². The average molecular weight is 235 g/mol. The number of rotatable bonds is 7. The van der Waals surface area contributed by atoms with Crippen molar-refractivity contribution in [2.75, 3.05) is 17.6 Å². The second-order valence-corrected chi connectivity index (χ2v) is 3.95. The molecule has 17 heavy (non-hydrogen) atoms. The van der Waals surface area contributed by atoms with Gasteiger partial charge in [0.25, 0.3) is 0 Å². The first-order valence-corrected chi connectivity index (χ1v) is 6.12. The molecule has 0 aromatic carbocycles. The molecule has 0 amide bonds. The van der Waals surface area contributed by atoms with Crippen LogP contribution in [0.3, 0.4) is 0 Å². The minimum absolute atomic E-state index is 0.379. The highest BCUT2D eigenvalue weighted by Gasteiger charge is 2.12. The predicted molar refractivity (Wildman–Crippen MR) is 71.6 cm³/mol. The highest BCUT2D eigenvalue weighted by molar-refractivity contribution is 6.05. The fourth-order valence-corrected chi connectivity index (χ4v) is 1.59. The van der Waals surface area contributed by atoms with Gasteiger partial charge in [-0.1, -0.05) is 26.7 Å². The summed E-state index contributed by atoms with van der Waals surface area (Å²) in [6, 6.07) is 0. The number of nitrogens with zero attached hydrogens (tertiary/aromatic N) is 2. The lowest BCUT2D eigenvalue weighted by atomic mass is 10.1. The van der Waals surface area contributed by atoms with Gasteiger partial charge in [-0.2, -0.15) is 0 Å². The molecule has 94 valence electrons. The third-order valence-electron chi connectivity index (χ3n) is 2.60. The van der Waals surface area contributed by atoms with Crippen molar-refractivity contribution in [2.24, 2.45) is 0 Å². The van der Waals surface area contributed by atoms with Crippen LogP contribution in [0.4, 0.5) is 11.6 Å². The molecule has 0 aliphatic carbocycles. The van der Waals surface area contributed by atoms with Crippen LogP contribution in [0, 0.1) is 5.41 Å². The molecular formula is C12H21N5. The number of hydrogen-bond acceptors (Lipinski definition) is 5. The zero-order chi connectivity index (χ0) is 12.7. The molecule has 0 radical (unpaired) electrons. The van der Waals surface area contributed by atoms with Gasteiger partial charge in [-0.25, -0.2) is 9.97 Å². The highest BCUT2D eigenvalue weighted by Crippen LogP contribution is 2.19. The molecule has 0 aliphatic rings. The number of hydrogen-bond donors (Lipinski definition) is 3. The van der Waals surface area contributed by atoms with E-state index >= 15 is 0 Å². The van der Waals surface area contributed by atoms with Gasteiger partial charge in [-0.15, -0.1) is 0 Å². The van der Waals surface area contributed by atoms with Gasteiger partial charge < -0.3 is 16.5 Å². The number of unbranched alkanes of at least 4 members (excludes halogenated alkanes) is 2. The first kappa shape index (κ1) is 13.4. The monoisotopic (exact) mass is 235 g/mol. The summed E-state index contributed by atoms with van der Waals surface area (Å²) in [6.45, 7) is 4.95. The Morgan fingerprint density at radius 2 is 2.12 bits per heavy atom. The van der Waals surface area contributed by atoms with Crippen molar-refractivity contribution in [3.63, 3.8) is 0 Å². The van der Waals surface area contributed by atoms with E-state index in [-0.39, 0.29) is 0 Å². The molecular weight excluding hydrogens is 214 g/mol. The zero-order valence-corrected chi connectivity index (χ0v) is 10.6. The van der Waals surface area contributed by atoms with Crippen molar-refractivity contribution in [1.82, 2.24) is 9.97 Å². The van der Waals surface area contributed by atoms with E-state index in [9.17, 15) is 0 Å². The Labute approximate surface area is 102 Å². The third kappa shape index (κ3) is 3.69. The predicted octanol–water partition coefficient (Wildman–Crippen LogP) is 2.44. The molecule has 4 N–H and O–H groups in total. The van der Waals surface area contributed by atoms with Crippen molar-refractivity contribution in [2.45, 2.75) is 39.5 Å². The van der Waals surface area contributed by atoms with Crippen LogP contribution < -0.4 is 11.1 Å². The lowest BCUT2D eigenvalue weighted by molar-refractivity contribution is 0.742. The summed E-state index contributed by atoms with van der Waals surface area (Å²) in [5, 5.41) is 11.1. The molecule has 5 nitrogen and oxygen atoms in total. The fourth-order valence-electron chi connectivity index (χ4n) is 1.59. The normalized spacial score (nSPS) is 10.2. The lowest BCUT2D eigenvalue weighted by Crippen LogP contribution is -2.13. The van der Waals surface area contributed by atoms with Crippen LogP contribution in [0.1, 0.15) is 45.1 Å². The standard InChI is InChI=1S/C12H21N5/c1-3-5-6-7-15-12-10(9(13)4-2)11(14)16-8-17-12/h8,13H,3-7H2,1-2H3,(H3,14,15,16,17). The Balaban J connectivity index is 2.76. The SMILES string of the molecule is CCCCCNc1ncnc(N)c1C(=N)CC. The van der Waals surface area contributed by atoms with Gasteiger partial charge in [0, 0.05) is 12.3 Å². The Morgan fingerprint density at radius 1 is 1.35 bits per heavy atom. The molecule has 0 saturated heterocycles. The topological polar surface area (TPSA) is 87.7 Å². The summed E-state index contributed by atoms with van der Waals surface area (Å²) in [6.07, 6.45) is 5.53. The zero-order valence-electron chi connectivity index (χ0n) is 10.6. The molecule has 0 aliphatic heterocycles. The molecule has 1 rings (SSSR count). The molecule has 0 fully saturated rings. The molecule has 0 saturated carbocycles. The van der Waals surface area contributed by atoms with Crippen LogP contribution in [0.5, 0.6) is 0 Å². The van der Waals surface area contributed by atoms with E-state index in [1.54, 1.807) is 0 Å². The van der Waals surface area contributed by atoms with Crippen LogP contribution in [0.25, 0.3) is 0 Å². The van der Waals surface area contributed by atoms with Gasteiger partial charge in [0.15, 0.2) is 0 Å². The minimum atomic E-state index is 0.379. The van der Waals surface area contributed by atoms with Gasteiger partial charge in [0.05, 0.1) is 5.56 Å². The summed E-state index contributed by atoms with van der Waals surface area (Å²) in [5.74, 6) is 1.06. The Bertz CT molecular complexity index is 375. The summed E-state index contributed by atoms with van der Waals surface area (Å²) >= 11 is 0. The van der Waals surface area contributed by atoms with E-state index < -0.39 is 0 Å². The lowest BCUT2D eigenvalue weighted by Gasteiger charge is -2.12. The highest BCUT2D eigenvalue weighted by atomic mass is 15.0. The van der Waals surface area contributed by atoms with Crippen molar-refractivity contribution in [3.05, 3.63) is 11.9 Å². The van der Waals surface area contributed by atoms with Crippen LogP contribution in [0.2, 0.25) is 0 Å². The maximum atomic E-state index is 7.88. The van der Waals surface area contributed by atoms with Gasteiger partial charge in [0.1, 0.15) is 18.0 Å². The van der Waals surface area contributed by atoms with Crippen LogP contribution in [0.15, 0.2) is 6.33 Å². The third-order valence-corrected chi connectivity index (χ3v) is 2.60. The summed E-state index contributed by atoms with van der Waals surface area (Å²) in [4.78, 5) is 8.10. The summed E-state index contributed by atoms with van der Waals surface area (Å²) < 4.78 is 0. The largest absolute Gasteiger partial charge is 0.383 e. The van der Waals surface area contributed by atoms with Crippen LogP contribution >= 0.6 is 0 Å². The van der Waals surface area contributed by atoms with Crippen molar-refractivity contribution >= 4 is 17.3 Å². The van der Waals surface area contributed by atoms with Gasteiger partial charge in [0.2, 0.25) is 0 Å². The van der Waals surface area contributed by atoms with E-state index in [0.717, 1.165) is 13.0 Å². The van der Waals surface area contributed by atoms with Crippen molar-refractivity contribution in [3.8, 4) is 0 Å². The second kappa shape index (κ2) is 6.83. The first-order chi connectivity index (χ1) is 8.20. The molecule has 0 unspecified atom stereocenters. The molecule has 0 bridgehead atoms. The maximum Gasteiger partial charge on any atom is 0.140 e. The van der Waals surface area contributed by atoms with E-state index in [4.69, 9.17) is 11.1 Å². The first-order valence-electron chi connectivity index (χ1n) is 6.12. The number of nitrogens with one attached hydrogen (secondary N) is 2. The van der Waals surface area contributed by atoms with Gasteiger partial charge in [-0.3, -0.25) is 0 Å². The average Bonchev–Trinajstić information content (AvgIpc) is 2.34. The number of nitrogens with two attached hydrogens (primary N) is 1. The fraction of sp³-hybridized carbons (Fsp3) is 0.583. The van der Waals surface area contributed by atoms with E-state index in [0.29, 0.717) is 29.3 Å². The van der Waals surface area contributed by atoms with E-state index in [1.807, 2.05) is 6.92 Å². The molecule has 1 aromatic heterocycles. The Hall–Kier alpha value is -1.65. The Morgan fingerprint density at radius 3 is 2.76 bits per heavy atom. The molecule has 0 spiro atoms. The van der Waals surface area contributed by atoms with Crippen molar-refractivity contribution in [1.29, 1.82) is 5.41 Å². The van der Waals surface area contributed by atoms with Crippen LogP contribution in [-0.4, -0.2) is 22.2 Å². The Kier molecular flexibility index (Phi) is 5.39. The summed E-state index contributed by atoms with van der Waals surface area (Å²) in [5.41, 5.74) is 6.91. The van der Waals surface area contributed by atoms with Gasteiger partial charge in [-0.05, 0) is 12.8 Å². The maximum absolute atomic E-state index is 7.88. The van der Waals surface area contributed by atoms with E-state index in [1.165, 1.54) is 19.2 Å².